The second-order valence-corrected chi connectivity index (χ2v) is 10.1. The summed E-state index contributed by atoms with van der Waals surface area (Å²) in [5.41, 5.74) is 4.70. The van der Waals surface area contributed by atoms with Gasteiger partial charge in [0.25, 0.3) is 0 Å². The van der Waals surface area contributed by atoms with Gasteiger partial charge >= 0.3 is 21.7 Å². The topological polar surface area (TPSA) is 0 Å². The summed E-state index contributed by atoms with van der Waals surface area (Å²) in [6, 6.07) is 11.1. The summed E-state index contributed by atoms with van der Waals surface area (Å²) in [5, 5.41) is 1.81. The van der Waals surface area contributed by atoms with Gasteiger partial charge in [-0.15, -0.1) is 6.92 Å². The zero-order chi connectivity index (χ0) is 15.6. The van der Waals surface area contributed by atoms with Gasteiger partial charge in [0.2, 0.25) is 0 Å². The fourth-order valence-electron chi connectivity index (χ4n) is 4.44. The Morgan fingerprint density at radius 2 is 1.58 bits per heavy atom. The minimum atomic E-state index is -0.379. The van der Waals surface area contributed by atoms with Crippen molar-refractivity contribution in [3.05, 3.63) is 53.1 Å². The van der Waals surface area contributed by atoms with E-state index in [4.69, 9.17) is 0 Å². The van der Waals surface area contributed by atoms with Crippen LogP contribution < -0.4 is 42.4 Å². The molecule has 1 aromatic rings. The predicted molar refractivity (Wildman–Crippen MR) is 99.3 cm³/mol. The zero-order valence-electron chi connectivity index (χ0n) is 16.0. The van der Waals surface area contributed by atoms with Crippen molar-refractivity contribution in [2.24, 2.45) is 5.92 Å². The molecule has 1 fully saturated rings. The van der Waals surface area contributed by atoms with Crippen molar-refractivity contribution >= 4 is 14.7 Å². The van der Waals surface area contributed by atoms with Crippen LogP contribution in [-0.2, 0) is 21.7 Å². The van der Waals surface area contributed by atoms with Crippen LogP contribution in [0.2, 0.25) is 5.04 Å². The van der Waals surface area contributed by atoms with Crippen molar-refractivity contribution in [1.82, 2.24) is 0 Å². The molecular weight excluding hydrogens is 435 g/mol. The second kappa shape index (κ2) is 12.9. The van der Waals surface area contributed by atoms with Crippen LogP contribution in [0.5, 0.6) is 0 Å². The third kappa shape index (κ3) is 6.83. The van der Waals surface area contributed by atoms with Gasteiger partial charge in [-0.05, 0) is 12.3 Å². The van der Waals surface area contributed by atoms with Crippen LogP contribution in [0.1, 0.15) is 59.3 Å². The molecule has 1 unspecified atom stereocenters. The summed E-state index contributed by atoms with van der Waals surface area (Å²) in [6.07, 6.45) is 12.4. The Morgan fingerprint density at radius 1 is 1.00 bits per heavy atom. The van der Waals surface area contributed by atoms with Gasteiger partial charge in [-0.1, -0.05) is 86.5 Å². The molecule has 0 aromatic heterocycles. The maximum absolute atomic E-state index is 3.87. The quantitative estimate of drug-likeness (QED) is 0.313. The minimum absolute atomic E-state index is 0. The minimum Gasteiger partial charge on any atom is -1.00 e. The standard InChI is InChI=1S/C21H29Si.3ClH.Ti/c1-16-15-21(3,22-19-12-8-5-9-13-19)20(17(16)2)14-18-10-6-4-7-11-18;;;;/h5,8-9,12-13,18H,4,6-7,10-11,14,22H2,1-3H3;3*1H;/q-1;;;;+4/p-3. The van der Waals surface area contributed by atoms with E-state index in [9.17, 15) is 0 Å². The third-order valence-corrected chi connectivity index (χ3v) is 7.95. The number of halogens is 3. The Kier molecular flexibility index (Phi) is 14.2. The van der Waals surface area contributed by atoms with Crippen LogP contribution in [0.3, 0.4) is 0 Å². The number of hydrogen-bond donors (Lipinski definition) is 0. The van der Waals surface area contributed by atoms with Gasteiger partial charge in [-0.3, -0.25) is 6.08 Å². The molecule has 0 amide bonds. The zero-order valence-corrected chi connectivity index (χ0v) is 21.3. The maximum Gasteiger partial charge on any atom is 4.00 e. The number of benzene rings is 1. The molecule has 1 atom stereocenters. The molecule has 0 bridgehead atoms. The molecule has 1 saturated carbocycles. The summed E-state index contributed by atoms with van der Waals surface area (Å²) < 4.78 is 0. The number of allylic oxidation sites excluding steroid dienone is 4. The van der Waals surface area contributed by atoms with Crippen LogP contribution in [-0.4, -0.2) is 9.52 Å². The largest absolute Gasteiger partial charge is 4.00 e. The molecule has 26 heavy (non-hydrogen) atoms. The van der Waals surface area contributed by atoms with Gasteiger partial charge in [-0.2, -0.15) is 11.1 Å². The van der Waals surface area contributed by atoms with Gasteiger partial charge in [-0.25, -0.2) is 5.57 Å². The summed E-state index contributed by atoms with van der Waals surface area (Å²) in [6.45, 7) is 7.07. The fourth-order valence-corrected chi connectivity index (χ4v) is 6.74. The second-order valence-electron chi connectivity index (χ2n) is 7.56. The van der Waals surface area contributed by atoms with E-state index in [2.05, 4.69) is 57.2 Å². The first-order valence-corrected chi connectivity index (χ1v) is 10.4. The Balaban J connectivity index is 0. The van der Waals surface area contributed by atoms with E-state index >= 15 is 0 Å². The van der Waals surface area contributed by atoms with Gasteiger partial charge in [0, 0.05) is 9.52 Å². The molecule has 0 aliphatic heterocycles. The van der Waals surface area contributed by atoms with Crippen LogP contribution >= 0.6 is 0 Å². The Morgan fingerprint density at radius 3 is 2.15 bits per heavy atom. The molecule has 0 radical (unpaired) electrons. The van der Waals surface area contributed by atoms with E-state index in [-0.39, 0.29) is 73.5 Å². The summed E-state index contributed by atoms with van der Waals surface area (Å²) in [7, 11) is -0.379. The average Bonchev–Trinajstić information content (AvgIpc) is 2.73. The van der Waals surface area contributed by atoms with Crippen molar-refractivity contribution < 1.29 is 58.9 Å². The molecule has 1 aromatic carbocycles. The smallest absolute Gasteiger partial charge is 1.00 e. The first-order valence-electron chi connectivity index (χ1n) is 8.95. The third-order valence-electron chi connectivity index (χ3n) is 5.76. The van der Waals surface area contributed by atoms with Crippen molar-refractivity contribution in [3.8, 4) is 0 Å². The van der Waals surface area contributed by atoms with Crippen molar-refractivity contribution in [1.29, 1.82) is 0 Å². The summed E-state index contributed by atoms with van der Waals surface area (Å²) in [5.74, 6) is 0.926. The van der Waals surface area contributed by atoms with E-state index in [1.807, 2.05) is 0 Å². The number of rotatable bonds is 4. The number of hydrogen-bond acceptors (Lipinski definition) is 0. The van der Waals surface area contributed by atoms with E-state index in [0.717, 1.165) is 5.92 Å². The van der Waals surface area contributed by atoms with Crippen molar-refractivity contribution in [2.45, 2.75) is 64.3 Å². The Labute approximate surface area is 196 Å². The molecule has 0 N–H and O–H groups in total. The average molecular weight is 464 g/mol. The molecular formula is C21H29Cl3SiTi. The van der Waals surface area contributed by atoms with Gasteiger partial charge in [0.15, 0.2) is 0 Å². The summed E-state index contributed by atoms with van der Waals surface area (Å²) >= 11 is 0. The molecule has 2 aliphatic rings. The first-order chi connectivity index (χ1) is 10.6. The first kappa shape index (κ1) is 28.7. The van der Waals surface area contributed by atoms with E-state index in [1.165, 1.54) is 44.1 Å². The summed E-state index contributed by atoms with van der Waals surface area (Å²) in [4.78, 5) is 0. The normalized spacial score (nSPS) is 22.8. The Hall–Kier alpha value is 0.501. The van der Waals surface area contributed by atoms with E-state index < -0.39 is 0 Å². The SMILES string of the molecule is CC1=[C-]C(C)([SiH2]c2ccccc2)C(CC2CCCCC2)=C1C.[Cl-].[Cl-].[Cl-].[Ti+4]. The molecule has 3 rings (SSSR count). The maximum atomic E-state index is 3.87. The predicted octanol–water partition coefficient (Wildman–Crippen LogP) is -4.28. The molecule has 5 heteroatoms. The van der Waals surface area contributed by atoms with E-state index in [1.54, 1.807) is 16.3 Å². The fraction of sp³-hybridized carbons (Fsp3) is 0.524. The van der Waals surface area contributed by atoms with E-state index in [0.29, 0.717) is 0 Å². The van der Waals surface area contributed by atoms with Gasteiger partial charge < -0.3 is 37.2 Å². The van der Waals surface area contributed by atoms with Crippen LogP contribution in [0, 0.1) is 12.0 Å². The van der Waals surface area contributed by atoms with Crippen LogP contribution in [0.25, 0.3) is 0 Å². The molecule has 2 aliphatic carbocycles. The van der Waals surface area contributed by atoms with Crippen molar-refractivity contribution in [2.75, 3.05) is 0 Å². The molecule has 142 valence electrons. The molecule has 0 saturated heterocycles. The molecule has 0 nitrogen and oxygen atoms in total. The molecule has 0 spiro atoms. The molecule has 0 heterocycles. The van der Waals surface area contributed by atoms with Gasteiger partial charge in [0.1, 0.15) is 0 Å². The van der Waals surface area contributed by atoms with Crippen molar-refractivity contribution in [3.63, 3.8) is 0 Å². The van der Waals surface area contributed by atoms with Crippen LogP contribution in [0.4, 0.5) is 0 Å². The van der Waals surface area contributed by atoms with Crippen LogP contribution in [0.15, 0.2) is 47.1 Å². The monoisotopic (exact) mass is 462 g/mol. The van der Waals surface area contributed by atoms with Gasteiger partial charge in [0.05, 0.1) is 0 Å². The Bertz CT molecular complexity index is 595.